The number of aryl methyl sites for hydroxylation is 1. The molecule has 3 aromatic rings. The summed E-state index contributed by atoms with van der Waals surface area (Å²) in [6.45, 7) is 3.13. The molecule has 3 aromatic carbocycles. The minimum atomic E-state index is -4.06. The monoisotopic (exact) mass is 517 g/mol. The third kappa shape index (κ3) is 4.74. The molecule has 9 heteroatoms. The second-order valence-electron chi connectivity index (χ2n) is 8.21. The Kier molecular flexibility index (Phi) is 7.07. The van der Waals surface area contributed by atoms with Crippen molar-refractivity contribution in [1.82, 2.24) is 0 Å². The van der Waals surface area contributed by atoms with Crippen LogP contribution in [0.15, 0.2) is 59.5 Å². The maximum Gasteiger partial charge on any atom is 0.264 e. The first kappa shape index (κ1) is 25.0. The van der Waals surface area contributed by atoms with E-state index in [0.29, 0.717) is 22.7 Å². The van der Waals surface area contributed by atoms with Gasteiger partial charge in [0.05, 0.1) is 35.4 Å². The summed E-state index contributed by atoms with van der Waals surface area (Å²) in [5, 5.41) is 10.1. The van der Waals surface area contributed by atoms with E-state index >= 15 is 0 Å². The summed E-state index contributed by atoms with van der Waals surface area (Å²) in [7, 11) is -2.58. The van der Waals surface area contributed by atoms with Gasteiger partial charge in [-0.2, -0.15) is 0 Å². The molecule has 0 saturated heterocycles. The van der Waals surface area contributed by atoms with Gasteiger partial charge in [-0.25, -0.2) is 12.8 Å². The van der Waals surface area contributed by atoms with E-state index in [-0.39, 0.29) is 22.1 Å². The van der Waals surface area contributed by atoms with Gasteiger partial charge in [-0.05, 0) is 61.4 Å². The Labute approximate surface area is 209 Å². The summed E-state index contributed by atoms with van der Waals surface area (Å²) in [5.41, 5.74) is 1.95. The van der Waals surface area contributed by atoms with Gasteiger partial charge in [0.15, 0.2) is 0 Å². The molecular weight excluding hydrogens is 493 g/mol. The molecule has 4 rings (SSSR count). The lowest BCUT2D eigenvalue weighted by Gasteiger charge is -2.40. The first-order valence-electron chi connectivity index (χ1n) is 10.9. The number of aliphatic hydroxyl groups excluding tert-OH is 1. The summed E-state index contributed by atoms with van der Waals surface area (Å²) in [6.07, 6.45) is 2.42. The minimum absolute atomic E-state index is 0.0513. The van der Waals surface area contributed by atoms with E-state index in [1.165, 1.54) is 41.8 Å². The largest absolute Gasteiger partial charge is 0.496 e. The molecule has 1 heterocycles. The molecule has 2 atom stereocenters. The van der Waals surface area contributed by atoms with Gasteiger partial charge >= 0.3 is 0 Å². The van der Waals surface area contributed by atoms with Gasteiger partial charge in [-0.15, -0.1) is 0 Å². The first-order valence-corrected chi connectivity index (χ1v) is 12.7. The number of nitrogens with zero attached hydrogens (tertiary/aromatic N) is 1. The second kappa shape index (κ2) is 9.89. The summed E-state index contributed by atoms with van der Waals surface area (Å²) < 4.78 is 54.3. The van der Waals surface area contributed by atoms with Gasteiger partial charge in [0, 0.05) is 11.6 Å². The predicted octanol–water partition coefficient (Wildman–Crippen LogP) is 5.30. The van der Waals surface area contributed by atoms with Crippen LogP contribution in [0.25, 0.3) is 12.2 Å². The highest BCUT2D eigenvalue weighted by Gasteiger charge is 2.40. The lowest BCUT2D eigenvalue weighted by Crippen LogP contribution is -2.52. The fraction of sp³-hybridized carbons (Fsp3) is 0.231. The third-order valence-corrected chi connectivity index (χ3v) is 8.19. The molecule has 6 nitrogen and oxygen atoms in total. The number of aliphatic hydroxyl groups is 1. The summed E-state index contributed by atoms with van der Waals surface area (Å²) in [6, 6.07) is 13.4. The molecule has 1 aliphatic heterocycles. The van der Waals surface area contributed by atoms with Crippen LogP contribution >= 0.6 is 11.6 Å². The molecule has 0 aliphatic carbocycles. The summed E-state index contributed by atoms with van der Waals surface area (Å²) >= 11 is 6.12. The first-order chi connectivity index (χ1) is 16.7. The van der Waals surface area contributed by atoms with Crippen molar-refractivity contribution in [2.75, 3.05) is 18.0 Å². The van der Waals surface area contributed by atoms with Crippen molar-refractivity contribution in [3.8, 4) is 11.5 Å². The number of halogens is 2. The predicted molar refractivity (Wildman–Crippen MR) is 135 cm³/mol. The number of hydrogen-bond acceptors (Lipinski definition) is 5. The van der Waals surface area contributed by atoms with Crippen molar-refractivity contribution < 1.29 is 27.4 Å². The van der Waals surface area contributed by atoms with Gasteiger partial charge in [0.1, 0.15) is 23.4 Å². The van der Waals surface area contributed by atoms with Crippen molar-refractivity contribution in [2.45, 2.75) is 30.9 Å². The van der Waals surface area contributed by atoms with E-state index in [4.69, 9.17) is 21.1 Å². The fourth-order valence-corrected chi connectivity index (χ4v) is 5.93. The Balaban J connectivity index is 1.81. The van der Waals surface area contributed by atoms with Crippen LogP contribution < -0.4 is 13.8 Å². The van der Waals surface area contributed by atoms with Gasteiger partial charge in [0.2, 0.25) is 0 Å². The average molecular weight is 518 g/mol. The Bertz CT molecular complexity index is 1370. The zero-order chi connectivity index (χ0) is 25.3. The molecule has 184 valence electrons. The van der Waals surface area contributed by atoms with Crippen LogP contribution in [0.3, 0.4) is 0 Å². The Morgan fingerprint density at radius 2 is 1.94 bits per heavy atom. The molecule has 35 heavy (non-hydrogen) atoms. The normalized spacial score (nSPS) is 17.8. The number of methoxy groups -OCH3 is 1. The topological polar surface area (TPSA) is 76.1 Å². The maximum absolute atomic E-state index is 14.2. The number of anilines is 1. The van der Waals surface area contributed by atoms with Crippen LogP contribution in [0.4, 0.5) is 10.1 Å². The number of benzene rings is 3. The number of ether oxygens (including phenoxy) is 2. The van der Waals surface area contributed by atoms with Crippen molar-refractivity contribution in [3.63, 3.8) is 0 Å². The maximum atomic E-state index is 14.2. The van der Waals surface area contributed by atoms with Gasteiger partial charge in [-0.1, -0.05) is 35.9 Å². The molecule has 2 unspecified atom stereocenters. The summed E-state index contributed by atoms with van der Waals surface area (Å²) in [4.78, 5) is 0.0513. The molecule has 0 bridgehead atoms. The Morgan fingerprint density at radius 3 is 2.63 bits per heavy atom. The van der Waals surface area contributed by atoms with E-state index in [0.717, 1.165) is 5.56 Å². The van der Waals surface area contributed by atoms with Crippen molar-refractivity contribution >= 4 is 39.5 Å². The van der Waals surface area contributed by atoms with Crippen molar-refractivity contribution in [1.29, 1.82) is 0 Å². The quantitative estimate of drug-likeness (QED) is 0.449. The van der Waals surface area contributed by atoms with E-state index in [1.54, 1.807) is 43.3 Å². The Morgan fingerprint density at radius 1 is 1.17 bits per heavy atom. The molecule has 0 spiro atoms. The van der Waals surface area contributed by atoms with Crippen LogP contribution in [0.1, 0.15) is 23.6 Å². The van der Waals surface area contributed by atoms with E-state index in [2.05, 4.69) is 0 Å². The standard InChI is InChI=1S/C26H25ClFNO5S/c1-16-7-10-19(14-25(16)33-3)35(31,32)29-17(2)26(15-30)34-24-12-9-18(13-23(24)29)8-11-20-21(27)5-4-6-22(20)28/h4-14,17,26,30H,15H2,1-3H3. The lowest BCUT2D eigenvalue weighted by molar-refractivity contribution is 0.0925. The third-order valence-electron chi connectivity index (χ3n) is 5.97. The highest BCUT2D eigenvalue weighted by molar-refractivity contribution is 7.92. The lowest BCUT2D eigenvalue weighted by atomic mass is 10.1. The fourth-order valence-electron chi connectivity index (χ4n) is 4.00. The second-order valence-corrected chi connectivity index (χ2v) is 10.4. The molecule has 1 N–H and O–H groups in total. The van der Waals surface area contributed by atoms with E-state index < -0.39 is 28.0 Å². The van der Waals surface area contributed by atoms with E-state index in [9.17, 15) is 17.9 Å². The number of fused-ring (bicyclic) bond motifs is 1. The molecule has 0 fully saturated rings. The average Bonchev–Trinajstić information content (AvgIpc) is 2.83. The van der Waals surface area contributed by atoms with Crippen LogP contribution in [0, 0.1) is 12.7 Å². The molecule has 1 aliphatic rings. The number of rotatable bonds is 6. The van der Waals surface area contributed by atoms with E-state index in [1.807, 2.05) is 6.92 Å². The van der Waals surface area contributed by atoms with Gasteiger partial charge in [-0.3, -0.25) is 4.31 Å². The molecule has 0 aromatic heterocycles. The molecular formula is C26H25ClFNO5S. The van der Waals surface area contributed by atoms with Crippen molar-refractivity contribution in [3.05, 3.63) is 82.1 Å². The number of sulfonamides is 1. The minimum Gasteiger partial charge on any atom is -0.496 e. The SMILES string of the molecule is COc1cc(S(=O)(=O)N2c3cc(C=Cc4c(F)cccc4Cl)ccc3OC(CO)C2C)ccc1C. The van der Waals surface area contributed by atoms with Gasteiger partial charge in [0.25, 0.3) is 10.0 Å². The zero-order valence-electron chi connectivity index (χ0n) is 19.4. The van der Waals surface area contributed by atoms with Crippen LogP contribution in [-0.2, 0) is 10.0 Å². The highest BCUT2D eigenvalue weighted by atomic mass is 35.5. The van der Waals surface area contributed by atoms with Crippen LogP contribution in [0.2, 0.25) is 5.02 Å². The molecule has 0 saturated carbocycles. The van der Waals surface area contributed by atoms with Crippen molar-refractivity contribution in [2.24, 2.45) is 0 Å². The van der Waals surface area contributed by atoms with Crippen LogP contribution in [-0.4, -0.2) is 39.4 Å². The zero-order valence-corrected chi connectivity index (χ0v) is 21.0. The highest BCUT2D eigenvalue weighted by Crippen LogP contribution is 2.41. The summed E-state index contributed by atoms with van der Waals surface area (Å²) in [5.74, 6) is 0.294. The van der Waals surface area contributed by atoms with Gasteiger partial charge < -0.3 is 14.6 Å². The number of hydrogen-bond donors (Lipinski definition) is 1. The smallest absolute Gasteiger partial charge is 0.264 e. The van der Waals surface area contributed by atoms with Crippen LogP contribution in [0.5, 0.6) is 11.5 Å². The molecule has 0 amide bonds. The Hall–Kier alpha value is -3.07. The molecule has 0 radical (unpaired) electrons.